The molecule has 1 saturated heterocycles. The van der Waals surface area contributed by atoms with Crippen molar-refractivity contribution < 1.29 is 14.2 Å². The second-order valence-electron chi connectivity index (χ2n) is 7.62. The minimum Gasteiger partial charge on any atom is -0.497 e. The first-order chi connectivity index (χ1) is 14.7. The summed E-state index contributed by atoms with van der Waals surface area (Å²) in [5.41, 5.74) is 1.21. The Hall–Kier alpha value is -2.31. The number of guanidine groups is 1. The van der Waals surface area contributed by atoms with E-state index >= 15 is 0 Å². The Morgan fingerprint density at radius 1 is 1.07 bits per heavy atom. The van der Waals surface area contributed by atoms with Gasteiger partial charge in [-0.25, -0.2) is 4.99 Å². The number of hydrogen-bond donors (Lipinski definition) is 1. The zero-order valence-corrected chi connectivity index (χ0v) is 18.5. The predicted molar refractivity (Wildman–Crippen MR) is 122 cm³/mol. The molecule has 0 bridgehead atoms. The summed E-state index contributed by atoms with van der Waals surface area (Å²) in [7, 11) is 3.43. The van der Waals surface area contributed by atoms with Gasteiger partial charge in [0.2, 0.25) is 0 Å². The van der Waals surface area contributed by atoms with Gasteiger partial charge < -0.3 is 24.4 Å². The predicted octanol–water partition coefficient (Wildman–Crippen LogP) is 3.83. The van der Waals surface area contributed by atoms with Crippen LogP contribution in [0.5, 0.6) is 5.75 Å². The first-order valence-electron chi connectivity index (χ1n) is 10.9. The van der Waals surface area contributed by atoms with Crippen LogP contribution in [0.3, 0.4) is 0 Å². The van der Waals surface area contributed by atoms with Crippen LogP contribution in [-0.4, -0.2) is 64.0 Å². The smallest absolute Gasteiger partial charge is 0.194 e. The van der Waals surface area contributed by atoms with Crippen molar-refractivity contribution >= 4 is 16.7 Å². The Labute approximate surface area is 180 Å². The van der Waals surface area contributed by atoms with Gasteiger partial charge in [0.1, 0.15) is 5.75 Å². The average molecular weight is 414 g/mol. The molecule has 0 radical (unpaired) electrons. The lowest BCUT2D eigenvalue weighted by Gasteiger charge is -2.34. The van der Waals surface area contributed by atoms with E-state index in [4.69, 9.17) is 19.2 Å². The van der Waals surface area contributed by atoms with Gasteiger partial charge in [-0.2, -0.15) is 0 Å². The van der Waals surface area contributed by atoms with Gasteiger partial charge in [0.05, 0.1) is 19.8 Å². The molecule has 3 rings (SSSR count). The summed E-state index contributed by atoms with van der Waals surface area (Å²) in [6.45, 7) is 7.13. The van der Waals surface area contributed by atoms with Crippen LogP contribution in [0.2, 0.25) is 0 Å². The normalized spacial score (nSPS) is 15.6. The van der Waals surface area contributed by atoms with E-state index in [1.165, 1.54) is 16.3 Å². The molecule has 0 amide bonds. The monoisotopic (exact) mass is 413 g/mol. The first-order valence-corrected chi connectivity index (χ1v) is 10.9. The maximum atomic E-state index is 5.98. The van der Waals surface area contributed by atoms with Gasteiger partial charge >= 0.3 is 0 Å². The Morgan fingerprint density at radius 2 is 1.83 bits per heavy atom. The molecule has 0 saturated carbocycles. The number of fused-ring (bicyclic) bond motifs is 1. The summed E-state index contributed by atoms with van der Waals surface area (Å²) in [6.07, 6.45) is 3.38. The number of nitrogens with zero attached hydrogens (tertiary/aromatic N) is 2. The van der Waals surface area contributed by atoms with Crippen LogP contribution in [0.1, 0.15) is 31.7 Å². The molecule has 6 nitrogen and oxygen atoms in total. The van der Waals surface area contributed by atoms with Crippen molar-refractivity contribution in [3.63, 3.8) is 0 Å². The third-order valence-corrected chi connectivity index (χ3v) is 5.45. The molecule has 0 spiro atoms. The van der Waals surface area contributed by atoms with Crippen LogP contribution in [0, 0.1) is 0 Å². The van der Waals surface area contributed by atoms with Crippen LogP contribution in [0.4, 0.5) is 0 Å². The van der Waals surface area contributed by atoms with Gasteiger partial charge in [0.25, 0.3) is 0 Å². The standard InChI is InChI=1S/C24H35N3O3/c1-4-25-24(27-12-10-22(11-13-27)30-15-5-14-28-2)26-18-19-6-7-21-17-23(29-3)9-8-20(21)16-19/h6-9,16-17,22H,4-5,10-15,18H2,1-3H3,(H,25,26). The van der Waals surface area contributed by atoms with Gasteiger partial charge in [-0.15, -0.1) is 0 Å². The molecule has 30 heavy (non-hydrogen) atoms. The molecule has 2 aromatic rings. The van der Waals surface area contributed by atoms with Gasteiger partial charge in [-0.3, -0.25) is 0 Å². The van der Waals surface area contributed by atoms with Crippen molar-refractivity contribution in [2.75, 3.05) is 47.1 Å². The summed E-state index contributed by atoms with van der Waals surface area (Å²) < 4.78 is 16.4. The number of methoxy groups -OCH3 is 2. The summed E-state index contributed by atoms with van der Waals surface area (Å²) >= 11 is 0. The largest absolute Gasteiger partial charge is 0.497 e. The van der Waals surface area contributed by atoms with E-state index in [-0.39, 0.29) is 0 Å². The molecule has 6 heteroatoms. The Kier molecular flexibility index (Phi) is 8.78. The first kappa shape index (κ1) is 22.4. The number of hydrogen-bond acceptors (Lipinski definition) is 4. The van der Waals surface area contributed by atoms with Crippen molar-refractivity contribution in [2.45, 2.75) is 38.8 Å². The van der Waals surface area contributed by atoms with Crippen LogP contribution in [0.25, 0.3) is 10.8 Å². The molecular formula is C24H35N3O3. The lowest BCUT2D eigenvalue weighted by molar-refractivity contribution is 0.00990. The van der Waals surface area contributed by atoms with Gasteiger partial charge in [-0.05, 0) is 60.7 Å². The van der Waals surface area contributed by atoms with Crippen molar-refractivity contribution in [1.29, 1.82) is 0 Å². The molecule has 1 fully saturated rings. The van der Waals surface area contributed by atoms with Crippen LogP contribution in [0.15, 0.2) is 41.4 Å². The number of rotatable bonds is 9. The quantitative estimate of drug-likeness (QED) is 0.385. The average Bonchev–Trinajstić information content (AvgIpc) is 2.79. The van der Waals surface area contributed by atoms with Gasteiger partial charge in [-0.1, -0.05) is 18.2 Å². The molecule has 2 aromatic carbocycles. The van der Waals surface area contributed by atoms with E-state index < -0.39 is 0 Å². The van der Waals surface area contributed by atoms with Gasteiger partial charge in [0.15, 0.2) is 5.96 Å². The van der Waals surface area contributed by atoms with E-state index in [1.807, 2.05) is 6.07 Å². The number of ether oxygens (including phenoxy) is 3. The fraction of sp³-hybridized carbons (Fsp3) is 0.542. The molecule has 0 atom stereocenters. The lowest BCUT2D eigenvalue weighted by Crippen LogP contribution is -2.47. The maximum absolute atomic E-state index is 5.98. The third-order valence-electron chi connectivity index (χ3n) is 5.45. The second kappa shape index (κ2) is 11.8. The molecule has 0 aromatic heterocycles. The number of piperidine rings is 1. The molecular weight excluding hydrogens is 378 g/mol. The third kappa shape index (κ3) is 6.34. The Balaban J connectivity index is 1.57. The number of benzene rings is 2. The SMILES string of the molecule is CCNC(=NCc1ccc2cc(OC)ccc2c1)N1CCC(OCCCOC)CC1. The van der Waals surface area contributed by atoms with Crippen LogP contribution >= 0.6 is 0 Å². The van der Waals surface area contributed by atoms with E-state index in [1.54, 1.807) is 14.2 Å². The number of nitrogens with one attached hydrogen (secondary N) is 1. The van der Waals surface area contributed by atoms with Crippen molar-refractivity contribution in [3.05, 3.63) is 42.0 Å². The Bertz CT molecular complexity index is 816. The fourth-order valence-corrected chi connectivity index (χ4v) is 3.78. The van der Waals surface area contributed by atoms with Crippen molar-refractivity contribution in [2.24, 2.45) is 4.99 Å². The topological polar surface area (TPSA) is 55.3 Å². The zero-order chi connectivity index (χ0) is 21.2. The van der Waals surface area contributed by atoms with E-state index in [9.17, 15) is 0 Å². The minimum absolute atomic E-state index is 0.346. The zero-order valence-electron chi connectivity index (χ0n) is 18.5. The summed E-state index contributed by atoms with van der Waals surface area (Å²) in [5, 5.41) is 5.84. The number of likely N-dealkylation sites (tertiary alicyclic amines) is 1. The summed E-state index contributed by atoms with van der Waals surface area (Å²) in [4.78, 5) is 7.26. The van der Waals surface area contributed by atoms with Crippen molar-refractivity contribution in [1.82, 2.24) is 10.2 Å². The molecule has 1 aliphatic heterocycles. The maximum Gasteiger partial charge on any atom is 0.194 e. The number of aliphatic imine (C=N–C) groups is 1. The van der Waals surface area contributed by atoms with E-state index in [2.05, 4.69) is 47.5 Å². The Morgan fingerprint density at radius 3 is 2.57 bits per heavy atom. The fourth-order valence-electron chi connectivity index (χ4n) is 3.78. The highest BCUT2D eigenvalue weighted by Crippen LogP contribution is 2.22. The molecule has 1 aliphatic rings. The lowest BCUT2D eigenvalue weighted by atomic mass is 10.1. The molecule has 164 valence electrons. The molecule has 1 heterocycles. The highest BCUT2D eigenvalue weighted by atomic mass is 16.5. The summed E-state index contributed by atoms with van der Waals surface area (Å²) in [5.74, 6) is 1.87. The molecule has 0 aliphatic carbocycles. The van der Waals surface area contributed by atoms with Crippen LogP contribution in [-0.2, 0) is 16.0 Å². The molecule has 0 unspecified atom stereocenters. The molecule has 1 N–H and O–H groups in total. The minimum atomic E-state index is 0.346. The van der Waals surface area contributed by atoms with Gasteiger partial charge in [0, 0.05) is 40.0 Å². The highest BCUT2D eigenvalue weighted by molar-refractivity contribution is 5.84. The van der Waals surface area contributed by atoms with E-state index in [0.29, 0.717) is 12.6 Å². The van der Waals surface area contributed by atoms with E-state index in [0.717, 1.165) is 63.8 Å². The highest BCUT2D eigenvalue weighted by Gasteiger charge is 2.21. The van der Waals surface area contributed by atoms with Crippen molar-refractivity contribution in [3.8, 4) is 5.75 Å². The second-order valence-corrected chi connectivity index (χ2v) is 7.62. The summed E-state index contributed by atoms with van der Waals surface area (Å²) in [6, 6.07) is 12.7. The van der Waals surface area contributed by atoms with Crippen LogP contribution < -0.4 is 10.1 Å².